The van der Waals surface area contributed by atoms with Gasteiger partial charge in [0.05, 0.1) is 32.5 Å². The Labute approximate surface area is 213 Å². The number of amides is 1. The Hall–Kier alpha value is -3.44. The summed E-state index contributed by atoms with van der Waals surface area (Å²) in [5, 5.41) is 9.19. The van der Waals surface area contributed by atoms with Crippen molar-refractivity contribution in [2.75, 3.05) is 40.5 Å². The average molecular weight is 494 g/mol. The zero-order chi connectivity index (χ0) is 25.5. The van der Waals surface area contributed by atoms with E-state index < -0.39 is 0 Å². The summed E-state index contributed by atoms with van der Waals surface area (Å²) < 4.78 is 22.5. The Kier molecular flexibility index (Phi) is 8.55. The molecule has 8 heteroatoms. The second-order valence-corrected chi connectivity index (χ2v) is 9.23. The minimum Gasteiger partial charge on any atom is -0.493 e. The number of nitriles is 1. The van der Waals surface area contributed by atoms with Crippen LogP contribution in [0.3, 0.4) is 0 Å². The quantitative estimate of drug-likeness (QED) is 0.471. The van der Waals surface area contributed by atoms with Gasteiger partial charge in [0.25, 0.3) is 0 Å². The highest BCUT2D eigenvalue weighted by molar-refractivity contribution is 5.68. The molecule has 1 amide bonds. The first kappa shape index (κ1) is 25.6. The first-order valence-electron chi connectivity index (χ1n) is 12.6. The molecule has 2 bridgehead atoms. The summed E-state index contributed by atoms with van der Waals surface area (Å²) in [7, 11) is 3.22. The predicted molar refractivity (Wildman–Crippen MR) is 135 cm³/mol. The van der Waals surface area contributed by atoms with Crippen molar-refractivity contribution in [2.45, 2.75) is 50.8 Å². The van der Waals surface area contributed by atoms with Gasteiger partial charge in [0.15, 0.2) is 11.5 Å². The van der Waals surface area contributed by atoms with Crippen molar-refractivity contribution in [1.82, 2.24) is 9.80 Å². The van der Waals surface area contributed by atoms with Crippen molar-refractivity contribution in [3.8, 4) is 23.3 Å². The van der Waals surface area contributed by atoms with Crippen molar-refractivity contribution in [1.29, 1.82) is 5.26 Å². The molecule has 3 unspecified atom stereocenters. The maximum absolute atomic E-state index is 12.2. The molecule has 0 saturated carbocycles. The van der Waals surface area contributed by atoms with Gasteiger partial charge < -0.3 is 23.8 Å². The zero-order valence-electron chi connectivity index (χ0n) is 21.3. The molecule has 2 heterocycles. The lowest BCUT2D eigenvalue weighted by atomic mass is 10.0. The lowest BCUT2D eigenvalue weighted by molar-refractivity contribution is 0.0453. The average Bonchev–Trinajstić information content (AvgIpc) is 3.14. The number of piperazine rings is 1. The molecule has 192 valence electrons. The zero-order valence-corrected chi connectivity index (χ0v) is 21.3. The van der Waals surface area contributed by atoms with Gasteiger partial charge in [-0.15, -0.1) is 0 Å². The predicted octanol–water partition coefficient (Wildman–Crippen LogP) is 4.78. The molecule has 0 N–H and O–H groups in total. The monoisotopic (exact) mass is 493 g/mol. The fraction of sp³-hybridized carbons (Fsp3) is 0.500. The largest absolute Gasteiger partial charge is 0.493 e. The van der Waals surface area contributed by atoms with Crippen molar-refractivity contribution < 1.29 is 23.7 Å². The standard InChI is InChI=1S/C28H35N3O5/c1-4-35-28(32)30-18-22-11-12-23(19-30)31(22)15-5-6-25(21-9-7-20(17-29)8-10-21)36-24-13-14-26(33-2)27(16-24)34-3/h7-10,13-14,16,22-23,25H,4-6,11-12,15,18-19H2,1-3H3. The topological polar surface area (TPSA) is 84.3 Å². The third kappa shape index (κ3) is 5.85. The maximum Gasteiger partial charge on any atom is 0.409 e. The van der Waals surface area contributed by atoms with Gasteiger partial charge >= 0.3 is 6.09 Å². The van der Waals surface area contributed by atoms with E-state index in [1.54, 1.807) is 14.2 Å². The highest BCUT2D eigenvalue weighted by Crippen LogP contribution is 2.35. The SMILES string of the molecule is CCOC(=O)N1CC2CCC(C1)N2CCCC(Oc1ccc(OC)c(OC)c1)c1ccc(C#N)cc1. The molecule has 0 aromatic heterocycles. The van der Waals surface area contributed by atoms with Crippen LogP contribution in [0.25, 0.3) is 0 Å². The number of hydrogen-bond donors (Lipinski definition) is 0. The van der Waals surface area contributed by atoms with E-state index in [0.717, 1.165) is 50.9 Å². The fourth-order valence-electron chi connectivity index (χ4n) is 5.30. The van der Waals surface area contributed by atoms with Crippen LogP contribution in [-0.2, 0) is 4.74 Å². The van der Waals surface area contributed by atoms with Crippen molar-refractivity contribution in [3.63, 3.8) is 0 Å². The highest BCUT2D eigenvalue weighted by atomic mass is 16.6. The Balaban J connectivity index is 1.42. The van der Waals surface area contributed by atoms with E-state index >= 15 is 0 Å². The Bertz CT molecular complexity index is 1050. The summed E-state index contributed by atoms with van der Waals surface area (Å²) >= 11 is 0. The number of likely N-dealkylation sites (tertiary alicyclic amines) is 1. The number of rotatable bonds is 10. The van der Waals surface area contributed by atoms with E-state index in [-0.39, 0.29) is 12.2 Å². The van der Waals surface area contributed by atoms with Crippen LogP contribution in [0.1, 0.15) is 49.8 Å². The smallest absolute Gasteiger partial charge is 0.409 e. The molecule has 4 rings (SSSR count). The molecule has 0 radical (unpaired) electrons. The molecule has 2 aliphatic rings. The number of benzene rings is 2. The molecular formula is C28H35N3O5. The number of carbonyl (C=O) groups excluding carboxylic acids is 1. The summed E-state index contributed by atoms with van der Waals surface area (Å²) in [6.07, 6.45) is 3.62. The van der Waals surface area contributed by atoms with Crippen molar-refractivity contribution in [3.05, 3.63) is 53.6 Å². The maximum atomic E-state index is 12.2. The normalized spacial score (nSPS) is 19.9. The molecule has 2 aliphatic heterocycles. The lowest BCUT2D eigenvalue weighted by Crippen LogP contribution is -2.55. The van der Waals surface area contributed by atoms with Gasteiger partial charge in [-0.3, -0.25) is 4.90 Å². The van der Waals surface area contributed by atoms with Crippen LogP contribution in [0.15, 0.2) is 42.5 Å². The second kappa shape index (κ2) is 12.0. The number of fused-ring (bicyclic) bond motifs is 2. The minimum atomic E-state index is -0.196. The number of nitrogens with zero attached hydrogens (tertiary/aromatic N) is 3. The molecular weight excluding hydrogens is 458 g/mol. The summed E-state index contributed by atoms with van der Waals surface area (Å²) in [6, 6.07) is 16.1. The first-order valence-corrected chi connectivity index (χ1v) is 12.6. The van der Waals surface area contributed by atoms with Crippen LogP contribution in [0.5, 0.6) is 17.2 Å². The summed E-state index contributed by atoms with van der Waals surface area (Å²) in [5.41, 5.74) is 1.65. The van der Waals surface area contributed by atoms with Crippen molar-refractivity contribution in [2.24, 2.45) is 0 Å². The Morgan fingerprint density at radius 1 is 1.06 bits per heavy atom. The van der Waals surface area contributed by atoms with Crippen molar-refractivity contribution >= 4 is 6.09 Å². The number of carbonyl (C=O) groups is 1. The molecule has 36 heavy (non-hydrogen) atoms. The van der Waals surface area contributed by atoms with E-state index in [9.17, 15) is 10.1 Å². The fourth-order valence-corrected chi connectivity index (χ4v) is 5.30. The van der Waals surface area contributed by atoms with Crippen LogP contribution in [-0.4, -0.2) is 68.4 Å². The Morgan fingerprint density at radius 2 is 1.75 bits per heavy atom. The summed E-state index contributed by atoms with van der Waals surface area (Å²) in [5.74, 6) is 1.96. The molecule has 2 aromatic carbocycles. The van der Waals surface area contributed by atoms with E-state index in [1.807, 2.05) is 54.3 Å². The number of hydrogen-bond acceptors (Lipinski definition) is 7. The minimum absolute atomic E-state index is 0.172. The second-order valence-electron chi connectivity index (χ2n) is 9.23. The first-order chi connectivity index (χ1) is 17.6. The van der Waals surface area contributed by atoms with Gasteiger partial charge in [0, 0.05) is 31.2 Å². The van der Waals surface area contributed by atoms with Gasteiger partial charge in [0.1, 0.15) is 11.9 Å². The van der Waals surface area contributed by atoms with Crippen LogP contribution in [0, 0.1) is 11.3 Å². The van der Waals surface area contributed by atoms with Gasteiger partial charge in [-0.25, -0.2) is 4.79 Å². The van der Waals surface area contributed by atoms with Crippen LogP contribution in [0.4, 0.5) is 4.79 Å². The number of ether oxygens (including phenoxy) is 4. The van der Waals surface area contributed by atoms with Gasteiger partial charge in [0.2, 0.25) is 0 Å². The van der Waals surface area contributed by atoms with E-state index in [4.69, 9.17) is 18.9 Å². The molecule has 2 saturated heterocycles. The third-order valence-corrected chi connectivity index (χ3v) is 7.09. The lowest BCUT2D eigenvalue weighted by Gasteiger charge is -2.40. The summed E-state index contributed by atoms with van der Waals surface area (Å²) in [6.45, 7) is 4.67. The van der Waals surface area contributed by atoms with Crippen LogP contribution in [0.2, 0.25) is 0 Å². The van der Waals surface area contributed by atoms with E-state index in [1.165, 1.54) is 0 Å². The van der Waals surface area contributed by atoms with Gasteiger partial charge in [-0.2, -0.15) is 5.26 Å². The molecule has 2 aromatic rings. The van der Waals surface area contributed by atoms with E-state index in [2.05, 4.69) is 11.0 Å². The molecule has 0 aliphatic carbocycles. The van der Waals surface area contributed by atoms with Gasteiger partial charge in [-0.05, 0) is 69.0 Å². The molecule has 8 nitrogen and oxygen atoms in total. The molecule has 2 fully saturated rings. The third-order valence-electron chi connectivity index (χ3n) is 7.09. The highest BCUT2D eigenvalue weighted by Gasteiger charge is 2.41. The molecule has 3 atom stereocenters. The number of methoxy groups -OCH3 is 2. The van der Waals surface area contributed by atoms with Gasteiger partial charge in [-0.1, -0.05) is 12.1 Å². The van der Waals surface area contributed by atoms with Crippen LogP contribution >= 0.6 is 0 Å². The Morgan fingerprint density at radius 3 is 2.36 bits per heavy atom. The van der Waals surface area contributed by atoms with Crippen LogP contribution < -0.4 is 14.2 Å². The molecule has 0 spiro atoms. The van der Waals surface area contributed by atoms with E-state index in [0.29, 0.717) is 41.5 Å². The summed E-state index contributed by atoms with van der Waals surface area (Å²) in [4.78, 5) is 16.6.